The predicted octanol–water partition coefficient (Wildman–Crippen LogP) is 4.26. The first kappa shape index (κ1) is 12.3. The highest BCUT2D eigenvalue weighted by molar-refractivity contribution is 7.17. The third kappa shape index (κ3) is 2.03. The van der Waals surface area contributed by atoms with Crippen LogP contribution in [0, 0.1) is 11.6 Å². The van der Waals surface area contributed by atoms with Crippen molar-refractivity contribution in [1.29, 1.82) is 0 Å². The maximum absolute atomic E-state index is 13.7. The van der Waals surface area contributed by atoms with E-state index < -0.39 is 17.7 Å². The van der Waals surface area contributed by atoms with E-state index in [0.29, 0.717) is 5.56 Å². The third-order valence-electron chi connectivity index (χ3n) is 3.08. The van der Waals surface area contributed by atoms with Gasteiger partial charge in [-0.05, 0) is 29.0 Å². The van der Waals surface area contributed by atoms with Crippen LogP contribution in [0.3, 0.4) is 0 Å². The zero-order valence-electron chi connectivity index (χ0n) is 9.81. The standard InChI is InChI=1S/C15H10F2OS/c16-11-5-2-6-12(17)13(11)14(18)10-4-1-3-9-7-8-19-15(9)10/h1-8,14,18H. The minimum absolute atomic E-state index is 0.302. The van der Waals surface area contributed by atoms with Gasteiger partial charge in [0.15, 0.2) is 0 Å². The number of thiophene rings is 1. The minimum atomic E-state index is -1.30. The number of rotatable bonds is 2. The van der Waals surface area contributed by atoms with E-state index in [2.05, 4.69) is 0 Å². The van der Waals surface area contributed by atoms with Gasteiger partial charge in [-0.1, -0.05) is 24.3 Å². The van der Waals surface area contributed by atoms with Gasteiger partial charge in [-0.15, -0.1) is 11.3 Å². The first-order chi connectivity index (χ1) is 9.18. The van der Waals surface area contributed by atoms with E-state index in [1.165, 1.54) is 17.4 Å². The monoisotopic (exact) mass is 276 g/mol. The minimum Gasteiger partial charge on any atom is -0.383 e. The molecular weight excluding hydrogens is 266 g/mol. The molecule has 19 heavy (non-hydrogen) atoms. The molecule has 1 nitrogen and oxygen atoms in total. The van der Waals surface area contributed by atoms with Crippen LogP contribution in [-0.2, 0) is 0 Å². The van der Waals surface area contributed by atoms with Crippen molar-refractivity contribution in [2.75, 3.05) is 0 Å². The highest BCUT2D eigenvalue weighted by atomic mass is 32.1. The molecule has 0 radical (unpaired) electrons. The van der Waals surface area contributed by atoms with Gasteiger partial charge < -0.3 is 5.11 Å². The van der Waals surface area contributed by atoms with Crippen molar-refractivity contribution in [2.45, 2.75) is 6.10 Å². The SMILES string of the molecule is OC(c1c(F)cccc1F)c1cccc2ccsc12. The summed E-state index contributed by atoms with van der Waals surface area (Å²) in [4.78, 5) is 0. The molecule has 0 spiro atoms. The van der Waals surface area contributed by atoms with E-state index in [1.54, 1.807) is 12.1 Å². The number of hydrogen-bond acceptors (Lipinski definition) is 2. The van der Waals surface area contributed by atoms with Gasteiger partial charge in [0.25, 0.3) is 0 Å². The Hall–Kier alpha value is -1.78. The zero-order valence-corrected chi connectivity index (χ0v) is 10.6. The third-order valence-corrected chi connectivity index (χ3v) is 4.06. The van der Waals surface area contributed by atoms with Crippen LogP contribution < -0.4 is 0 Å². The second-order valence-electron chi connectivity index (χ2n) is 4.22. The Morgan fingerprint density at radius 3 is 2.37 bits per heavy atom. The van der Waals surface area contributed by atoms with Gasteiger partial charge in [0.2, 0.25) is 0 Å². The maximum Gasteiger partial charge on any atom is 0.132 e. The van der Waals surface area contributed by atoms with Crippen molar-refractivity contribution in [1.82, 2.24) is 0 Å². The molecule has 0 aliphatic carbocycles. The molecule has 0 saturated carbocycles. The quantitative estimate of drug-likeness (QED) is 0.741. The zero-order chi connectivity index (χ0) is 13.4. The molecule has 4 heteroatoms. The Bertz CT molecular complexity index is 716. The number of hydrogen-bond donors (Lipinski definition) is 1. The molecule has 0 aliphatic heterocycles. The van der Waals surface area contributed by atoms with Gasteiger partial charge in [0.1, 0.15) is 17.7 Å². The van der Waals surface area contributed by atoms with Crippen LogP contribution in [0.5, 0.6) is 0 Å². The lowest BCUT2D eigenvalue weighted by atomic mass is 9.99. The summed E-state index contributed by atoms with van der Waals surface area (Å²) in [7, 11) is 0. The van der Waals surface area contributed by atoms with Crippen molar-refractivity contribution >= 4 is 21.4 Å². The molecule has 0 amide bonds. The molecular formula is C15H10F2OS. The molecule has 0 saturated heterocycles. The lowest BCUT2D eigenvalue weighted by Gasteiger charge is -2.14. The molecule has 2 aromatic carbocycles. The van der Waals surface area contributed by atoms with E-state index in [1.807, 2.05) is 17.5 Å². The normalized spacial score (nSPS) is 12.8. The highest BCUT2D eigenvalue weighted by Gasteiger charge is 2.21. The van der Waals surface area contributed by atoms with E-state index in [0.717, 1.165) is 22.2 Å². The van der Waals surface area contributed by atoms with Crippen molar-refractivity contribution in [3.63, 3.8) is 0 Å². The van der Waals surface area contributed by atoms with Crippen molar-refractivity contribution in [3.05, 3.63) is 70.6 Å². The van der Waals surface area contributed by atoms with E-state index in [4.69, 9.17) is 0 Å². The largest absolute Gasteiger partial charge is 0.383 e. The van der Waals surface area contributed by atoms with E-state index in [-0.39, 0.29) is 5.56 Å². The fraction of sp³-hybridized carbons (Fsp3) is 0.0667. The molecule has 1 N–H and O–H groups in total. The summed E-state index contributed by atoms with van der Waals surface area (Å²) in [5, 5.41) is 13.1. The Morgan fingerprint density at radius 1 is 0.947 bits per heavy atom. The van der Waals surface area contributed by atoms with Crippen molar-refractivity contribution in [2.24, 2.45) is 0 Å². The highest BCUT2D eigenvalue weighted by Crippen LogP contribution is 2.34. The Morgan fingerprint density at radius 2 is 1.63 bits per heavy atom. The van der Waals surface area contributed by atoms with Crippen LogP contribution in [0.25, 0.3) is 10.1 Å². The number of halogens is 2. The van der Waals surface area contributed by atoms with Crippen LogP contribution in [0.1, 0.15) is 17.2 Å². The van der Waals surface area contributed by atoms with E-state index >= 15 is 0 Å². The molecule has 0 aliphatic rings. The Balaban J connectivity index is 2.19. The fourth-order valence-corrected chi connectivity index (χ4v) is 3.10. The second kappa shape index (κ2) is 4.72. The van der Waals surface area contributed by atoms with Crippen molar-refractivity contribution in [3.8, 4) is 0 Å². The predicted molar refractivity (Wildman–Crippen MR) is 72.2 cm³/mol. The molecule has 1 unspecified atom stereocenters. The van der Waals surface area contributed by atoms with Crippen molar-refractivity contribution < 1.29 is 13.9 Å². The first-order valence-electron chi connectivity index (χ1n) is 5.76. The second-order valence-corrected chi connectivity index (χ2v) is 5.14. The smallest absolute Gasteiger partial charge is 0.132 e. The number of aliphatic hydroxyl groups excluding tert-OH is 1. The summed E-state index contributed by atoms with van der Waals surface area (Å²) >= 11 is 1.44. The first-order valence-corrected chi connectivity index (χ1v) is 6.64. The van der Waals surface area contributed by atoms with Gasteiger partial charge in [-0.25, -0.2) is 8.78 Å². The van der Waals surface area contributed by atoms with Gasteiger partial charge in [-0.3, -0.25) is 0 Å². The van der Waals surface area contributed by atoms with Crippen LogP contribution in [0.2, 0.25) is 0 Å². The molecule has 1 aromatic heterocycles. The average molecular weight is 276 g/mol. The van der Waals surface area contributed by atoms with E-state index in [9.17, 15) is 13.9 Å². The molecule has 96 valence electrons. The molecule has 1 heterocycles. The average Bonchev–Trinajstić information content (AvgIpc) is 2.86. The molecule has 0 bridgehead atoms. The summed E-state index contributed by atoms with van der Waals surface area (Å²) in [6.45, 7) is 0. The molecule has 3 aromatic rings. The lowest BCUT2D eigenvalue weighted by molar-refractivity contribution is 0.210. The molecule has 0 fully saturated rings. The fourth-order valence-electron chi connectivity index (χ4n) is 2.16. The van der Waals surface area contributed by atoms with Crippen LogP contribution in [-0.4, -0.2) is 5.11 Å². The van der Waals surface area contributed by atoms with Crippen LogP contribution in [0.15, 0.2) is 47.8 Å². The van der Waals surface area contributed by atoms with Gasteiger partial charge >= 0.3 is 0 Å². The Kier molecular flexibility index (Phi) is 3.05. The summed E-state index contributed by atoms with van der Waals surface area (Å²) in [5.41, 5.74) is 0.222. The van der Waals surface area contributed by atoms with Crippen LogP contribution >= 0.6 is 11.3 Å². The number of fused-ring (bicyclic) bond motifs is 1. The lowest BCUT2D eigenvalue weighted by Crippen LogP contribution is -2.05. The summed E-state index contributed by atoms with van der Waals surface area (Å²) < 4.78 is 28.3. The molecule has 3 rings (SSSR count). The molecule has 1 atom stereocenters. The summed E-state index contributed by atoms with van der Waals surface area (Å²) in [6, 6.07) is 10.9. The topological polar surface area (TPSA) is 20.2 Å². The van der Waals surface area contributed by atoms with Gasteiger partial charge in [-0.2, -0.15) is 0 Å². The van der Waals surface area contributed by atoms with Gasteiger partial charge in [0.05, 0.1) is 5.56 Å². The maximum atomic E-state index is 13.7. The summed E-state index contributed by atoms with van der Waals surface area (Å²) in [6.07, 6.45) is -1.30. The summed E-state index contributed by atoms with van der Waals surface area (Å²) in [5.74, 6) is -1.47. The van der Waals surface area contributed by atoms with Crippen LogP contribution in [0.4, 0.5) is 8.78 Å². The number of aliphatic hydroxyl groups is 1. The van der Waals surface area contributed by atoms with Gasteiger partial charge in [0, 0.05) is 10.3 Å². The Labute approximate surface area is 112 Å². The number of benzene rings is 2.